The van der Waals surface area contributed by atoms with Crippen LogP contribution in [-0.4, -0.2) is 23.4 Å². The molecule has 1 rings (SSSR count). The Morgan fingerprint density at radius 1 is 1.45 bits per heavy atom. The summed E-state index contributed by atoms with van der Waals surface area (Å²) in [5, 5.41) is -0.0423. The van der Waals surface area contributed by atoms with Gasteiger partial charge in [0.25, 0.3) is 0 Å². The number of nitrogens with two attached hydrogens (primary N) is 1. The van der Waals surface area contributed by atoms with Crippen LogP contribution < -0.4 is 5.73 Å². The molecule has 0 bridgehead atoms. The maximum absolute atomic E-state index is 13.1. The summed E-state index contributed by atoms with van der Waals surface area (Å²) in [6.45, 7) is 5.47. The van der Waals surface area contributed by atoms with Crippen molar-refractivity contribution in [3.63, 3.8) is 0 Å². The van der Waals surface area contributed by atoms with Crippen LogP contribution in [0.5, 0.6) is 0 Å². The molecule has 0 saturated carbocycles. The number of carbonyl (C=O) groups excluding carboxylic acids is 1. The van der Waals surface area contributed by atoms with E-state index in [2.05, 4.69) is 0 Å². The number of rotatable bonds is 6. The summed E-state index contributed by atoms with van der Waals surface area (Å²) in [5.41, 5.74) is 4.84. The van der Waals surface area contributed by atoms with E-state index in [1.54, 1.807) is 13.8 Å². The van der Waals surface area contributed by atoms with Crippen molar-refractivity contribution in [3.8, 4) is 0 Å². The molecule has 0 spiro atoms. The van der Waals surface area contributed by atoms with Gasteiger partial charge >= 0.3 is 5.97 Å². The molecule has 2 N–H and O–H groups in total. The first kappa shape index (κ1) is 16.9. The molecule has 2 atom stereocenters. The standard InChI is InChI=1S/C14H19F2NO2S/c1-4-19-13(18)14(3,17)8-9(2)20-10-5-6-11(15)12(16)7-10/h5-7,9H,4,8,17H2,1-3H3. The van der Waals surface area contributed by atoms with E-state index in [9.17, 15) is 13.6 Å². The fourth-order valence-corrected chi connectivity index (χ4v) is 3.01. The second-order valence-electron chi connectivity index (χ2n) is 4.85. The molecule has 6 heteroatoms. The summed E-state index contributed by atoms with van der Waals surface area (Å²) >= 11 is 1.33. The topological polar surface area (TPSA) is 52.3 Å². The lowest BCUT2D eigenvalue weighted by Crippen LogP contribution is -2.47. The number of ether oxygens (including phenoxy) is 1. The van der Waals surface area contributed by atoms with Crippen molar-refractivity contribution in [1.82, 2.24) is 0 Å². The van der Waals surface area contributed by atoms with E-state index >= 15 is 0 Å². The van der Waals surface area contributed by atoms with Crippen molar-refractivity contribution < 1.29 is 18.3 Å². The molecule has 0 aliphatic carbocycles. The molecule has 0 fully saturated rings. The maximum atomic E-state index is 13.1. The van der Waals surface area contributed by atoms with Gasteiger partial charge in [0.15, 0.2) is 11.6 Å². The van der Waals surface area contributed by atoms with Gasteiger partial charge in [0.2, 0.25) is 0 Å². The lowest BCUT2D eigenvalue weighted by Gasteiger charge is -2.25. The highest BCUT2D eigenvalue weighted by molar-refractivity contribution is 7.99. The largest absolute Gasteiger partial charge is 0.465 e. The first-order chi connectivity index (χ1) is 9.26. The van der Waals surface area contributed by atoms with Crippen LogP contribution in [0.1, 0.15) is 27.2 Å². The lowest BCUT2D eigenvalue weighted by molar-refractivity contribution is -0.149. The Hall–Kier alpha value is -1.14. The summed E-state index contributed by atoms with van der Waals surface area (Å²) in [6.07, 6.45) is 0.371. The van der Waals surface area contributed by atoms with Crippen molar-refractivity contribution >= 4 is 17.7 Å². The minimum atomic E-state index is -1.10. The number of benzene rings is 1. The molecule has 0 saturated heterocycles. The summed E-state index contributed by atoms with van der Waals surface area (Å²) in [7, 11) is 0. The molecular weight excluding hydrogens is 284 g/mol. The van der Waals surface area contributed by atoms with Crippen LogP contribution in [0.4, 0.5) is 8.78 Å². The number of esters is 1. The Morgan fingerprint density at radius 3 is 2.65 bits per heavy atom. The molecule has 0 aliphatic rings. The Morgan fingerprint density at radius 2 is 2.10 bits per heavy atom. The van der Waals surface area contributed by atoms with Gasteiger partial charge in [-0.2, -0.15) is 0 Å². The number of hydrogen-bond donors (Lipinski definition) is 1. The maximum Gasteiger partial charge on any atom is 0.325 e. The van der Waals surface area contributed by atoms with Crippen LogP contribution in [0.15, 0.2) is 23.1 Å². The summed E-state index contributed by atoms with van der Waals surface area (Å²) < 4.78 is 30.9. The molecule has 0 heterocycles. The molecule has 2 unspecified atom stereocenters. The zero-order valence-corrected chi connectivity index (χ0v) is 12.6. The van der Waals surface area contributed by atoms with Crippen LogP contribution in [0.3, 0.4) is 0 Å². The molecule has 0 aromatic heterocycles. The second kappa shape index (κ2) is 7.04. The highest BCUT2D eigenvalue weighted by Crippen LogP contribution is 2.29. The van der Waals surface area contributed by atoms with Crippen molar-refractivity contribution in [2.45, 2.75) is 42.9 Å². The third-order valence-corrected chi connectivity index (χ3v) is 3.78. The van der Waals surface area contributed by atoms with E-state index in [4.69, 9.17) is 10.5 Å². The van der Waals surface area contributed by atoms with Crippen LogP contribution >= 0.6 is 11.8 Å². The van der Waals surface area contributed by atoms with Crippen LogP contribution in [-0.2, 0) is 9.53 Å². The third kappa shape index (κ3) is 4.76. The predicted octanol–water partition coefficient (Wildman–Crippen LogP) is 3.12. The molecule has 0 radical (unpaired) electrons. The Bertz CT molecular complexity index is 480. The molecular formula is C14H19F2NO2S. The van der Waals surface area contributed by atoms with Gasteiger partial charge in [-0.05, 0) is 38.5 Å². The van der Waals surface area contributed by atoms with Gasteiger partial charge in [0, 0.05) is 10.1 Å². The number of hydrogen-bond acceptors (Lipinski definition) is 4. The molecule has 112 valence electrons. The minimum Gasteiger partial charge on any atom is -0.465 e. The van der Waals surface area contributed by atoms with E-state index in [1.807, 2.05) is 6.92 Å². The van der Waals surface area contributed by atoms with Crippen molar-refractivity contribution in [2.24, 2.45) is 5.73 Å². The van der Waals surface area contributed by atoms with Gasteiger partial charge in [-0.3, -0.25) is 4.79 Å². The van der Waals surface area contributed by atoms with Gasteiger partial charge in [-0.1, -0.05) is 6.92 Å². The highest BCUT2D eigenvalue weighted by atomic mass is 32.2. The van der Waals surface area contributed by atoms with Gasteiger partial charge in [0.1, 0.15) is 5.54 Å². The van der Waals surface area contributed by atoms with Crippen LogP contribution in [0.25, 0.3) is 0 Å². The summed E-state index contributed by atoms with van der Waals surface area (Å²) in [4.78, 5) is 12.3. The SMILES string of the molecule is CCOC(=O)C(C)(N)CC(C)Sc1ccc(F)c(F)c1. The second-order valence-corrected chi connectivity index (χ2v) is 6.36. The highest BCUT2D eigenvalue weighted by Gasteiger charge is 2.32. The molecule has 20 heavy (non-hydrogen) atoms. The van der Waals surface area contributed by atoms with Crippen molar-refractivity contribution in [2.75, 3.05) is 6.61 Å². The first-order valence-electron chi connectivity index (χ1n) is 6.34. The molecule has 0 aliphatic heterocycles. The monoisotopic (exact) mass is 303 g/mol. The summed E-state index contributed by atoms with van der Waals surface area (Å²) in [5.74, 6) is -2.22. The third-order valence-electron chi connectivity index (χ3n) is 2.68. The Balaban J connectivity index is 2.64. The molecule has 1 aromatic carbocycles. The predicted molar refractivity (Wildman–Crippen MR) is 75.5 cm³/mol. The number of carbonyl (C=O) groups is 1. The molecule has 1 aromatic rings. The van der Waals surface area contributed by atoms with Crippen molar-refractivity contribution in [3.05, 3.63) is 29.8 Å². The van der Waals surface area contributed by atoms with Gasteiger partial charge in [-0.25, -0.2) is 8.78 Å². The van der Waals surface area contributed by atoms with Crippen molar-refractivity contribution in [1.29, 1.82) is 0 Å². The summed E-state index contributed by atoms with van der Waals surface area (Å²) in [6, 6.07) is 3.71. The quantitative estimate of drug-likeness (QED) is 0.648. The zero-order valence-electron chi connectivity index (χ0n) is 11.8. The van der Waals surface area contributed by atoms with E-state index < -0.39 is 23.1 Å². The van der Waals surface area contributed by atoms with E-state index in [1.165, 1.54) is 17.8 Å². The van der Waals surface area contributed by atoms with E-state index in [-0.39, 0.29) is 11.9 Å². The first-order valence-corrected chi connectivity index (χ1v) is 7.22. The van der Waals surface area contributed by atoms with E-state index in [0.717, 1.165) is 12.1 Å². The Labute approximate surface area is 121 Å². The number of halogens is 2. The minimum absolute atomic E-state index is 0.0423. The molecule has 0 amide bonds. The zero-order chi connectivity index (χ0) is 15.3. The molecule has 3 nitrogen and oxygen atoms in total. The number of thioether (sulfide) groups is 1. The Kier molecular flexibility index (Phi) is 5.95. The average molecular weight is 303 g/mol. The van der Waals surface area contributed by atoms with Crippen LogP contribution in [0, 0.1) is 11.6 Å². The van der Waals surface area contributed by atoms with Gasteiger partial charge < -0.3 is 10.5 Å². The van der Waals surface area contributed by atoms with Crippen LogP contribution in [0.2, 0.25) is 0 Å². The average Bonchev–Trinajstić information content (AvgIpc) is 2.33. The lowest BCUT2D eigenvalue weighted by atomic mass is 9.98. The normalized spacial score (nSPS) is 15.5. The van der Waals surface area contributed by atoms with Gasteiger partial charge in [-0.15, -0.1) is 11.8 Å². The van der Waals surface area contributed by atoms with E-state index in [0.29, 0.717) is 11.3 Å². The smallest absolute Gasteiger partial charge is 0.325 e. The fraction of sp³-hybridized carbons (Fsp3) is 0.500. The fourth-order valence-electron chi connectivity index (χ4n) is 1.80. The van der Waals surface area contributed by atoms with Gasteiger partial charge in [0.05, 0.1) is 6.61 Å².